The van der Waals surface area contributed by atoms with Gasteiger partial charge in [-0.3, -0.25) is 14.4 Å². The lowest BCUT2D eigenvalue weighted by molar-refractivity contribution is -0.138. The third-order valence-corrected chi connectivity index (χ3v) is 5.80. The van der Waals surface area contributed by atoms with Crippen LogP contribution in [0.2, 0.25) is 0 Å². The van der Waals surface area contributed by atoms with Gasteiger partial charge in [-0.15, -0.1) is 0 Å². The molecule has 1 unspecified atom stereocenters. The predicted octanol–water partition coefficient (Wildman–Crippen LogP) is 2.90. The fourth-order valence-corrected chi connectivity index (χ4v) is 3.85. The van der Waals surface area contributed by atoms with E-state index in [4.69, 9.17) is 4.42 Å². The number of nitrogens with one attached hydrogen (secondary N) is 2. The molecule has 1 aromatic heterocycles. The van der Waals surface area contributed by atoms with Crippen molar-refractivity contribution in [2.45, 2.75) is 46.2 Å². The Morgan fingerprint density at radius 2 is 1.81 bits per heavy atom. The second-order valence-electron chi connectivity index (χ2n) is 8.41. The molecule has 0 aliphatic carbocycles. The van der Waals surface area contributed by atoms with E-state index in [-0.39, 0.29) is 29.6 Å². The average Bonchev–Trinajstić information content (AvgIpc) is 3.29. The minimum Gasteiger partial charge on any atom is -0.467 e. The van der Waals surface area contributed by atoms with Gasteiger partial charge in [0.2, 0.25) is 11.8 Å². The molecular weight excluding hydrogens is 394 g/mol. The normalized spacial score (nSPS) is 15.5. The van der Waals surface area contributed by atoms with Crippen LogP contribution >= 0.6 is 0 Å². The van der Waals surface area contributed by atoms with Crippen molar-refractivity contribution in [3.05, 3.63) is 59.5 Å². The van der Waals surface area contributed by atoms with Crippen LogP contribution in [-0.4, -0.2) is 41.8 Å². The van der Waals surface area contributed by atoms with Crippen molar-refractivity contribution in [1.29, 1.82) is 0 Å². The lowest BCUT2D eigenvalue weighted by Gasteiger charge is -2.35. The molecule has 7 nitrogen and oxygen atoms in total. The Hall–Kier alpha value is -3.09. The molecule has 0 bridgehead atoms. The smallest absolute Gasteiger partial charge is 0.252 e. The second kappa shape index (κ2) is 10.3. The van der Waals surface area contributed by atoms with Crippen LogP contribution in [0.15, 0.2) is 47.1 Å². The Morgan fingerprint density at radius 1 is 1.10 bits per heavy atom. The van der Waals surface area contributed by atoms with E-state index in [9.17, 15) is 14.4 Å². The summed E-state index contributed by atoms with van der Waals surface area (Å²) in [6.45, 7) is 7.10. The van der Waals surface area contributed by atoms with Crippen LogP contribution in [0, 0.1) is 18.8 Å². The molecule has 0 spiro atoms. The van der Waals surface area contributed by atoms with Crippen molar-refractivity contribution in [3.63, 3.8) is 0 Å². The number of furan rings is 1. The third kappa shape index (κ3) is 5.75. The molecule has 2 heterocycles. The number of nitrogens with zero attached hydrogens (tertiary/aromatic N) is 1. The van der Waals surface area contributed by atoms with E-state index in [2.05, 4.69) is 10.6 Å². The van der Waals surface area contributed by atoms with E-state index >= 15 is 0 Å². The maximum atomic E-state index is 13.1. The molecular formula is C24H31N3O4. The van der Waals surface area contributed by atoms with Gasteiger partial charge in [0, 0.05) is 24.6 Å². The largest absolute Gasteiger partial charge is 0.467 e. The van der Waals surface area contributed by atoms with Gasteiger partial charge in [0.1, 0.15) is 11.8 Å². The number of carbonyl (C=O) groups excluding carboxylic acids is 3. The summed E-state index contributed by atoms with van der Waals surface area (Å²) in [5.41, 5.74) is 1.45. The molecule has 2 N–H and O–H groups in total. The van der Waals surface area contributed by atoms with Gasteiger partial charge < -0.3 is 20.0 Å². The molecule has 3 rings (SSSR count). The van der Waals surface area contributed by atoms with Crippen LogP contribution in [0.5, 0.6) is 0 Å². The molecule has 2 aromatic rings. The van der Waals surface area contributed by atoms with Gasteiger partial charge >= 0.3 is 0 Å². The number of likely N-dealkylation sites (tertiary alicyclic amines) is 1. The van der Waals surface area contributed by atoms with E-state index in [1.807, 2.05) is 45.0 Å². The summed E-state index contributed by atoms with van der Waals surface area (Å²) in [4.78, 5) is 40.1. The van der Waals surface area contributed by atoms with Crippen molar-refractivity contribution < 1.29 is 18.8 Å². The fourth-order valence-electron chi connectivity index (χ4n) is 3.85. The summed E-state index contributed by atoms with van der Waals surface area (Å²) in [5.74, 6) is 0.193. The summed E-state index contributed by atoms with van der Waals surface area (Å²) in [6, 6.07) is 10.3. The number of carbonyl (C=O) groups is 3. The van der Waals surface area contributed by atoms with Crippen molar-refractivity contribution in [1.82, 2.24) is 15.5 Å². The third-order valence-electron chi connectivity index (χ3n) is 5.80. The number of benzene rings is 1. The van der Waals surface area contributed by atoms with Gasteiger partial charge in [-0.1, -0.05) is 32.0 Å². The maximum Gasteiger partial charge on any atom is 0.252 e. The fraction of sp³-hybridized carbons (Fsp3) is 0.458. The zero-order valence-electron chi connectivity index (χ0n) is 18.4. The topological polar surface area (TPSA) is 91.7 Å². The molecule has 1 aromatic carbocycles. The second-order valence-corrected chi connectivity index (χ2v) is 8.41. The van der Waals surface area contributed by atoms with Gasteiger partial charge in [-0.25, -0.2) is 0 Å². The lowest BCUT2D eigenvalue weighted by atomic mass is 9.94. The van der Waals surface area contributed by atoms with Crippen LogP contribution in [0.4, 0.5) is 0 Å². The van der Waals surface area contributed by atoms with Crippen LogP contribution in [0.3, 0.4) is 0 Å². The Morgan fingerprint density at radius 3 is 2.42 bits per heavy atom. The Kier molecular flexibility index (Phi) is 7.50. The van der Waals surface area contributed by atoms with E-state index in [1.165, 1.54) is 0 Å². The van der Waals surface area contributed by atoms with Gasteiger partial charge in [0.05, 0.1) is 12.8 Å². The standard InChI is InChI=1S/C24H31N3O4/c1-16(2)21(26-23(29)20-9-5-4-7-17(20)3)24(30)27-12-10-18(11-13-27)22(28)25-15-19-8-6-14-31-19/h4-9,14,16,18,21H,10-13,15H2,1-3H3,(H,25,28)(H,26,29). The highest BCUT2D eigenvalue weighted by Crippen LogP contribution is 2.20. The molecule has 1 saturated heterocycles. The van der Waals surface area contributed by atoms with E-state index in [1.54, 1.807) is 23.3 Å². The molecule has 166 valence electrons. The monoisotopic (exact) mass is 425 g/mol. The van der Waals surface area contributed by atoms with Gasteiger partial charge in [-0.05, 0) is 49.4 Å². The Bertz CT molecular complexity index is 899. The quantitative estimate of drug-likeness (QED) is 0.714. The molecule has 0 radical (unpaired) electrons. The van der Waals surface area contributed by atoms with Crippen LogP contribution in [0.1, 0.15) is 48.4 Å². The Labute approximate surface area is 183 Å². The van der Waals surface area contributed by atoms with E-state index in [0.29, 0.717) is 43.8 Å². The summed E-state index contributed by atoms with van der Waals surface area (Å²) >= 11 is 0. The molecule has 0 saturated carbocycles. The SMILES string of the molecule is Cc1ccccc1C(=O)NC(C(=O)N1CCC(C(=O)NCc2ccco2)CC1)C(C)C. The summed E-state index contributed by atoms with van der Waals surface area (Å²) in [6.07, 6.45) is 2.78. The van der Waals surface area contributed by atoms with Crippen molar-refractivity contribution in [2.24, 2.45) is 11.8 Å². The molecule has 3 amide bonds. The Balaban J connectivity index is 1.54. The highest BCUT2D eigenvalue weighted by atomic mass is 16.3. The van der Waals surface area contributed by atoms with Crippen molar-refractivity contribution in [2.75, 3.05) is 13.1 Å². The van der Waals surface area contributed by atoms with Gasteiger partial charge in [0.25, 0.3) is 5.91 Å². The van der Waals surface area contributed by atoms with Crippen LogP contribution < -0.4 is 10.6 Å². The number of aryl methyl sites for hydroxylation is 1. The number of hydrogen-bond acceptors (Lipinski definition) is 4. The molecule has 1 aliphatic rings. The first-order valence-electron chi connectivity index (χ1n) is 10.8. The van der Waals surface area contributed by atoms with E-state index < -0.39 is 6.04 Å². The molecule has 1 fully saturated rings. The summed E-state index contributed by atoms with van der Waals surface area (Å²) in [7, 11) is 0. The molecule has 7 heteroatoms. The molecule has 1 atom stereocenters. The lowest BCUT2D eigenvalue weighted by Crippen LogP contribution is -2.53. The first-order valence-corrected chi connectivity index (χ1v) is 10.8. The predicted molar refractivity (Wildman–Crippen MR) is 117 cm³/mol. The first-order chi connectivity index (χ1) is 14.9. The van der Waals surface area contributed by atoms with Gasteiger partial charge in [0.15, 0.2) is 0 Å². The number of hydrogen-bond donors (Lipinski definition) is 2. The first kappa shape index (κ1) is 22.6. The van der Waals surface area contributed by atoms with E-state index in [0.717, 1.165) is 5.56 Å². The zero-order valence-corrected chi connectivity index (χ0v) is 18.4. The number of rotatable bonds is 7. The van der Waals surface area contributed by atoms with Crippen LogP contribution in [0.25, 0.3) is 0 Å². The van der Waals surface area contributed by atoms with Crippen molar-refractivity contribution in [3.8, 4) is 0 Å². The number of piperidine rings is 1. The summed E-state index contributed by atoms with van der Waals surface area (Å²) in [5, 5.41) is 5.82. The minimum absolute atomic E-state index is 0.0169. The minimum atomic E-state index is -0.601. The molecule has 1 aliphatic heterocycles. The van der Waals surface area contributed by atoms with Crippen LogP contribution in [-0.2, 0) is 16.1 Å². The average molecular weight is 426 g/mol. The zero-order chi connectivity index (χ0) is 22.4. The highest BCUT2D eigenvalue weighted by molar-refractivity contribution is 5.98. The van der Waals surface area contributed by atoms with Gasteiger partial charge in [-0.2, -0.15) is 0 Å². The number of amides is 3. The maximum absolute atomic E-state index is 13.1. The molecule has 31 heavy (non-hydrogen) atoms. The summed E-state index contributed by atoms with van der Waals surface area (Å²) < 4.78 is 5.24. The van der Waals surface area contributed by atoms with Crippen molar-refractivity contribution >= 4 is 17.7 Å². The highest BCUT2D eigenvalue weighted by Gasteiger charge is 2.33.